The van der Waals surface area contributed by atoms with E-state index in [-0.39, 0.29) is 12.1 Å². The number of carbonyl (C=O) groups is 2. The summed E-state index contributed by atoms with van der Waals surface area (Å²) in [5.74, 6) is 0.245. The molecule has 0 spiro atoms. The maximum absolute atomic E-state index is 12.5. The predicted molar refractivity (Wildman–Crippen MR) is 129 cm³/mol. The Morgan fingerprint density at radius 1 is 1.09 bits per heavy atom. The number of nitrogens with zero attached hydrogens (tertiary/aromatic N) is 2. The van der Waals surface area contributed by atoms with E-state index >= 15 is 0 Å². The van der Waals surface area contributed by atoms with Gasteiger partial charge in [-0.1, -0.05) is 35.5 Å². The summed E-state index contributed by atoms with van der Waals surface area (Å²) in [7, 11) is 0. The first kappa shape index (κ1) is 23.4. The van der Waals surface area contributed by atoms with Crippen molar-refractivity contribution in [2.75, 3.05) is 23.3 Å². The monoisotopic (exact) mass is 463 g/mol. The third kappa shape index (κ3) is 5.57. The lowest BCUT2D eigenvalue weighted by Gasteiger charge is -2.33. The van der Waals surface area contributed by atoms with Crippen molar-refractivity contribution in [3.63, 3.8) is 0 Å². The normalized spacial score (nSPS) is 15.0. The summed E-state index contributed by atoms with van der Waals surface area (Å²) >= 11 is 0. The maximum atomic E-state index is 12.5. The first-order valence-corrected chi connectivity index (χ1v) is 11.4. The molecule has 2 aromatic carbocycles. The third-order valence-corrected chi connectivity index (χ3v) is 5.91. The van der Waals surface area contributed by atoms with Crippen molar-refractivity contribution in [2.45, 2.75) is 45.8 Å². The minimum Gasteiger partial charge on any atom is -0.462 e. The fourth-order valence-corrected chi connectivity index (χ4v) is 4.09. The van der Waals surface area contributed by atoms with Gasteiger partial charge in [0.15, 0.2) is 5.76 Å². The van der Waals surface area contributed by atoms with Gasteiger partial charge in [0, 0.05) is 44.1 Å². The molecule has 1 aromatic heterocycles. The van der Waals surface area contributed by atoms with Crippen LogP contribution < -0.4 is 10.2 Å². The molecule has 3 aromatic rings. The van der Waals surface area contributed by atoms with Crippen LogP contribution in [0.2, 0.25) is 0 Å². The van der Waals surface area contributed by atoms with E-state index in [4.69, 9.17) is 14.0 Å². The highest BCUT2D eigenvalue weighted by Gasteiger charge is 2.23. The number of piperidine rings is 1. The van der Waals surface area contributed by atoms with E-state index in [1.54, 1.807) is 6.92 Å². The quantitative estimate of drug-likeness (QED) is 0.483. The number of benzene rings is 2. The number of esters is 1. The van der Waals surface area contributed by atoms with E-state index in [1.165, 1.54) is 6.92 Å². The average Bonchev–Trinajstić information content (AvgIpc) is 3.19. The molecule has 8 nitrogen and oxygen atoms in total. The second-order valence-corrected chi connectivity index (χ2v) is 8.40. The molecule has 0 radical (unpaired) electrons. The number of anilines is 2. The summed E-state index contributed by atoms with van der Waals surface area (Å²) in [6.45, 7) is 6.67. The van der Waals surface area contributed by atoms with Crippen molar-refractivity contribution < 1.29 is 23.6 Å². The topological polar surface area (TPSA) is 93.9 Å². The number of ether oxygens (including phenoxy) is 2. The van der Waals surface area contributed by atoms with Crippen LogP contribution in [0.5, 0.6) is 0 Å². The fraction of sp³-hybridized carbons (Fsp3) is 0.346. The fourth-order valence-electron chi connectivity index (χ4n) is 4.09. The van der Waals surface area contributed by atoms with Gasteiger partial charge in [-0.05, 0) is 43.7 Å². The number of aryl methyl sites for hydroxylation is 1. The largest absolute Gasteiger partial charge is 0.462 e. The summed E-state index contributed by atoms with van der Waals surface area (Å²) in [5.41, 5.74) is 3.83. The highest BCUT2D eigenvalue weighted by molar-refractivity contribution is 5.91. The van der Waals surface area contributed by atoms with Crippen molar-refractivity contribution >= 4 is 23.4 Å². The molecule has 0 aliphatic carbocycles. The Hall–Kier alpha value is -3.81. The Balaban J connectivity index is 1.40. The molecule has 2 heterocycles. The summed E-state index contributed by atoms with van der Waals surface area (Å²) < 4.78 is 16.4. The molecular formula is C26H29N3O5. The van der Waals surface area contributed by atoms with Crippen molar-refractivity contribution in [3.8, 4) is 11.3 Å². The lowest BCUT2D eigenvalue weighted by atomic mass is 10.1. The molecule has 1 N–H and O–H groups in total. The molecule has 0 bridgehead atoms. The van der Waals surface area contributed by atoms with Gasteiger partial charge in [-0.25, -0.2) is 4.79 Å². The number of hydrogen-bond donors (Lipinski definition) is 1. The van der Waals surface area contributed by atoms with Gasteiger partial charge in [-0.3, -0.25) is 10.1 Å². The minimum absolute atomic E-state index is 0.0109. The zero-order chi connectivity index (χ0) is 24.1. The Morgan fingerprint density at radius 3 is 2.41 bits per heavy atom. The van der Waals surface area contributed by atoms with E-state index in [9.17, 15) is 9.59 Å². The Kier molecular flexibility index (Phi) is 7.15. The Labute approximate surface area is 198 Å². The highest BCUT2D eigenvalue weighted by Crippen LogP contribution is 2.33. The molecule has 8 heteroatoms. The molecule has 1 amide bonds. The second kappa shape index (κ2) is 10.4. The molecule has 178 valence electrons. The molecule has 1 saturated heterocycles. The molecule has 1 aliphatic rings. The Morgan fingerprint density at radius 2 is 1.76 bits per heavy atom. The smallest absolute Gasteiger partial charge is 0.412 e. The van der Waals surface area contributed by atoms with E-state index in [0.717, 1.165) is 42.7 Å². The van der Waals surface area contributed by atoms with Crippen LogP contribution in [0.25, 0.3) is 11.3 Å². The summed E-state index contributed by atoms with van der Waals surface area (Å²) in [6.07, 6.45) is 0.633. The number of rotatable bonds is 6. The number of nitrogens with one attached hydrogen (secondary N) is 1. The second-order valence-electron chi connectivity index (χ2n) is 8.40. The van der Waals surface area contributed by atoms with Crippen LogP contribution in [-0.2, 0) is 14.3 Å². The zero-order valence-electron chi connectivity index (χ0n) is 19.6. The van der Waals surface area contributed by atoms with Crippen molar-refractivity contribution in [1.82, 2.24) is 5.16 Å². The summed E-state index contributed by atoms with van der Waals surface area (Å²) in [6, 6.07) is 17.5. The van der Waals surface area contributed by atoms with Gasteiger partial charge in [-0.15, -0.1) is 0 Å². The van der Waals surface area contributed by atoms with Crippen molar-refractivity contribution in [1.29, 1.82) is 0 Å². The summed E-state index contributed by atoms with van der Waals surface area (Å²) in [4.78, 5) is 26.0. The lowest BCUT2D eigenvalue weighted by molar-refractivity contribution is -0.147. The van der Waals surface area contributed by atoms with Gasteiger partial charge in [-0.2, -0.15) is 0 Å². The van der Waals surface area contributed by atoms with Crippen molar-refractivity contribution in [2.24, 2.45) is 0 Å². The predicted octanol–water partition coefficient (Wildman–Crippen LogP) is 5.49. The zero-order valence-corrected chi connectivity index (χ0v) is 19.6. The summed E-state index contributed by atoms with van der Waals surface area (Å²) in [5, 5.41) is 6.82. The minimum atomic E-state index is -0.573. The van der Waals surface area contributed by atoms with Crippen LogP contribution in [-0.4, -0.2) is 36.4 Å². The Bertz CT molecular complexity index is 1120. The van der Waals surface area contributed by atoms with E-state index in [0.29, 0.717) is 17.1 Å². The lowest BCUT2D eigenvalue weighted by Crippen LogP contribution is -2.37. The van der Waals surface area contributed by atoms with E-state index < -0.39 is 12.2 Å². The van der Waals surface area contributed by atoms with Gasteiger partial charge >= 0.3 is 12.1 Å². The van der Waals surface area contributed by atoms with Gasteiger partial charge in [0.2, 0.25) is 0 Å². The SMILES string of the molecule is CC(=O)OC1CCN(c2ccc(-c3onc(C)c3NC(=O)OC(C)c3ccccc3)cc2)CC1. The third-order valence-electron chi connectivity index (χ3n) is 5.91. The van der Waals surface area contributed by atoms with Crippen LogP contribution >= 0.6 is 0 Å². The number of carbonyl (C=O) groups excluding carboxylic acids is 2. The molecule has 1 aliphatic heterocycles. The average molecular weight is 464 g/mol. The van der Waals surface area contributed by atoms with Crippen LogP contribution in [0, 0.1) is 6.92 Å². The first-order chi connectivity index (χ1) is 16.4. The molecule has 0 saturated carbocycles. The number of hydrogen-bond acceptors (Lipinski definition) is 7. The standard InChI is InChI=1S/C26H29N3O5/c1-17-24(27-26(31)32-18(2)20-7-5-4-6-8-20)25(34-28-17)21-9-11-22(12-10-21)29-15-13-23(14-16-29)33-19(3)30/h4-12,18,23H,13-16H2,1-3H3,(H,27,31). The van der Waals surface area contributed by atoms with E-state index in [2.05, 4.69) is 15.4 Å². The van der Waals surface area contributed by atoms with Crippen LogP contribution in [0.1, 0.15) is 44.1 Å². The molecular weight excluding hydrogens is 434 g/mol. The van der Waals surface area contributed by atoms with Crippen molar-refractivity contribution in [3.05, 3.63) is 65.9 Å². The van der Waals surface area contributed by atoms with E-state index in [1.807, 2.05) is 61.5 Å². The molecule has 1 unspecified atom stereocenters. The number of amides is 1. The first-order valence-electron chi connectivity index (χ1n) is 11.4. The highest BCUT2D eigenvalue weighted by atomic mass is 16.6. The molecule has 1 atom stereocenters. The van der Waals surface area contributed by atoms with Gasteiger partial charge < -0.3 is 18.9 Å². The van der Waals surface area contributed by atoms with Crippen LogP contribution in [0.4, 0.5) is 16.2 Å². The molecule has 4 rings (SSSR count). The van der Waals surface area contributed by atoms with Crippen LogP contribution in [0.15, 0.2) is 59.1 Å². The maximum Gasteiger partial charge on any atom is 0.412 e. The molecule has 34 heavy (non-hydrogen) atoms. The van der Waals surface area contributed by atoms with Gasteiger partial charge in [0.25, 0.3) is 0 Å². The van der Waals surface area contributed by atoms with Gasteiger partial charge in [0.05, 0.1) is 0 Å². The molecule has 1 fully saturated rings. The van der Waals surface area contributed by atoms with Gasteiger partial charge in [0.1, 0.15) is 23.6 Å². The van der Waals surface area contributed by atoms with Crippen LogP contribution in [0.3, 0.4) is 0 Å². The number of aromatic nitrogens is 1.